The number of aromatic nitrogens is 2. The van der Waals surface area contributed by atoms with Gasteiger partial charge in [0, 0.05) is 32.7 Å². The van der Waals surface area contributed by atoms with Gasteiger partial charge < -0.3 is 10.2 Å². The Bertz CT molecular complexity index is 859. The molecule has 1 aliphatic rings. The molecule has 1 fully saturated rings. The molecule has 0 saturated carbocycles. The molecule has 0 unspecified atom stereocenters. The molecule has 2 heterocycles. The van der Waals surface area contributed by atoms with Gasteiger partial charge in [0.1, 0.15) is 0 Å². The quantitative estimate of drug-likeness (QED) is 0.911. The van der Waals surface area contributed by atoms with Crippen LogP contribution in [0.5, 0.6) is 0 Å². The minimum absolute atomic E-state index is 0.0700. The van der Waals surface area contributed by atoms with E-state index in [0.29, 0.717) is 13.1 Å². The second-order valence-electron chi connectivity index (χ2n) is 7.10. The molecule has 1 aromatic heterocycles. The molecule has 1 atom stereocenters. The second-order valence-corrected chi connectivity index (χ2v) is 7.10. The molecule has 1 amide bonds. The van der Waals surface area contributed by atoms with Gasteiger partial charge >= 0.3 is 0 Å². The SMILES string of the molecule is Cc1ccc(CNC(=O)[C@@H]2CCCN(c3cnn(C)c(=O)c3)C2)cc1C. The summed E-state index contributed by atoms with van der Waals surface area (Å²) in [4.78, 5) is 26.5. The Hall–Kier alpha value is -2.63. The van der Waals surface area contributed by atoms with Gasteiger partial charge in [-0.1, -0.05) is 18.2 Å². The van der Waals surface area contributed by atoms with E-state index in [4.69, 9.17) is 0 Å². The number of aryl methyl sites for hydroxylation is 3. The Kier molecular flexibility index (Phi) is 5.40. The number of nitrogens with zero attached hydrogens (tertiary/aromatic N) is 3. The molecule has 0 radical (unpaired) electrons. The first-order chi connectivity index (χ1) is 12.4. The minimum Gasteiger partial charge on any atom is -0.369 e. The predicted octanol–water partition coefficient (Wildman–Crippen LogP) is 1.93. The van der Waals surface area contributed by atoms with Crippen LogP contribution in [0.25, 0.3) is 0 Å². The summed E-state index contributed by atoms with van der Waals surface area (Å²) in [7, 11) is 1.63. The Labute approximate surface area is 153 Å². The van der Waals surface area contributed by atoms with Gasteiger partial charge in [0.25, 0.3) is 5.56 Å². The zero-order chi connectivity index (χ0) is 18.7. The van der Waals surface area contributed by atoms with E-state index in [1.807, 2.05) is 0 Å². The number of carbonyl (C=O) groups excluding carboxylic acids is 1. The number of anilines is 1. The number of hydrogen-bond acceptors (Lipinski definition) is 4. The Balaban J connectivity index is 1.61. The normalized spacial score (nSPS) is 17.2. The summed E-state index contributed by atoms with van der Waals surface area (Å²) in [5.41, 5.74) is 4.26. The van der Waals surface area contributed by atoms with Crippen molar-refractivity contribution in [3.63, 3.8) is 0 Å². The predicted molar refractivity (Wildman–Crippen MR) is 102 cm³/mol. The number of amides is 1. The molecule has 26 heavy (non-hydrogen) atoms. The fourth-order valence-corrected chi connectivity index (χ4v) is 3.31. The van der Waals surface area contributed by atoms with Crippen molar-refractivity contribution in [2.24, 2.45) is 13.0 Å². The van der Waals surface area contributed by atoms with E-state index in [-0.39, 0.29) is 17.4 Å². The molecule has 6 nitrogen and oxygen atoms in total. The fraction of sp³-hybridized carbons (Fsp3) is 0.450. The van der Waals surface area contributed by atoms with Crippen LogP contribution in [0.2, 0.25) is 0 Å². The summed E-state index contributed by atoms with van der Waals surface area (Å²) >= 11 is 0. The van der Waals surface area contributed by atoms with E-state index >= 15 is 0 Å². The van der Waals surface area contributed by atoms with Crippen molar-refractivity contribution in [3.8, 4) is 0 Å². The molecule has 3 rings (SSSR count). The molecule has 6 heteroatoms. The zero-order valence-electron chi connectivity index (χ0n) is 15.7. The van der Waals surface area contributed by atoms with E-state index in [1.54, 1.807) is 19.3 Å². The Morgan fingerprint density at radius 3 is 2.81 bits per heavy atom. The van der Waals surface area contributed by atoms with Crippen LogP contribution in [0.15, 0.2) is 35.3 Å². The van der Waals surface area contributed by atoms with Crippen LogP contribution in [0.3, 0.4) is 0 Å². The monoisotopic (exact) mass is 354 g/mol. The van der Waals surface area contributed by atoms with Gasteiger partial charge in [0.15, 0.2) is 0 Å². The molecular weight excluding hydrogens is 328 g/mol. The molecule has 1 aliphatic heterocycles. The molecule has 1 saturated heterocycles. The molecule has 138 valence electrons. The van der Waals surface area contributed by atoms with Crippen LogP contribution in [0, 0.1) is 19.8 Å². The van der Waals surface area contributed by atoms with Crippen molar-refractivity contribution in [2.45, 2.75) is 33.2 Å². The third-order valence-corrected chi connectivity index (χ3v) is 5.15. The van der Waals surface area contributed by atoms with Crippen molar-refractivity contribution in [3.05, 3.63) is 57.5 Å². The maximum absolute atomic E-state index is 12.6. The van der Waals surface area contributed by atoms with Crippen molar-refractivity contribution in [1.29, 1.82) is 0 Å². The average Bonchev–Trinajstić information content (AvgIpc) is 2.65. The van der Waals surface area contributed by atoms with Crippen LogP contribution in [-0.2, 0) is 18.4 Å². The molecule has 1 N–H and O–H groups in total. The van der Waals surface area contributed by atoms with Crippen molar-refractivity contribution >= 4 is 11.6 Å². The van der Waals surface area contributed by atoms with Crippen molar-refractivity contribution in [1.82, 2.24) is 15.1 Å². The molecule has 0 bridgehead atoms. The van der Waals surface area contributed by atoms with E-state index in [0.717, 1.165) is 30.6 Å². The van der Waals surface area contributed by atoms with E-state index in [9.17, 15) is 9.59 Å². The van der Waals surface area contributed by atoms with Gasteiger partial charge in [0.2, 0.25) is 5.91 Å². The summed E-state index contributed by atoms with van der Waals surface area (Å²) in [5, 5.41) is 7.14. The molecule has 1 aromatic carbocycles. The van der Waals surface area contributed by atoms with E-state index < -0.39 is 0 Å². The van der Waals surface area contributed by atoms with Crippen LogP contribution in [-0.4, -0.2) is 28.8 Å². The lowest BCUT2D eigenvalue weighted by Gasteiger charge is -2.33. The maximum Gasteiger partial charge on any atom is 0.268 e. The van der Waals surface area contributed by atoms with Gasteiger partial charge in [-0.25, -0.2) is 4.68 Å². The third kappa shape index (κ3) is 4.12. The van der Waals surface area contributed by atoms with Crippen LogP contribution >= 0.6 is 0 Å². The number of hydrogen-bond donors (Lipinski definition) is 1. The average molecular weight is 354 g/mol. The number of carbonyl (C=O) groups is 1. The van der Waals surface area contributed by atoms with Crippen LogP contribution < -0.4 is 15.8 Å². The molecule has 0 spiro atoms. The summed E-state index contributed by atoms with van der Waals surface area (Å²) in [5.74, 6) is 0.00377. The van der Waals surface area contributed by atoms with Crippen LogP contribution in [0.1, 0.15) is 29.5 Å². The van der Waals surface area contributed by atoms with E-state index in [1.165, 1.54) is 15.8 Å². The lowest BCUT2D eigenvalue weighted by Crippen LogP contribution is -2.43. The minimum atomic E-state index is -0.135. The first-order valence-corrected chi connectivity index (χ1v) is 9.06. The number of benzene rings is 1. The molecule has 0 aliphatic carbocycles. The van der Waals surface area contributed by atoms with Gasteiger partial charge in [-0.2, -0.15) is 5.10 Å². The Morgan fingerprint density at radius 2 is 2.08 bits per heavy atom. The second kappa shape index (κ2) is 7.72. The highest BCUT2D eigenvalue weighted by Crippen LogP contribution is 2.22. The molecule has 2 aromatic rings. The Morgan fingerprint density at radius 1 is 1.27 bits per heavy atom. The summed E-state index contributed by atoms with van der Waals surface area (Å²) in [6.07, 6.45) is 3.49. The highest BCUT2D eigenvalue weighted by atomic mass is 16.2. The van der Waals surface area contributed by atoms with Gasteiger partial charge in [-0.15, -0.1) is 0 Å². The summed E-state index contributed by atoms with van der Waals surface area (Å²) < 4.78 is 1.31. The molecular formula is C20H26N4O2. The lowest BCUT2D eigenvalue weighted by atomic mass is 9.96. The number of piperidine rings is 1. The van der Waals surface area contributed by atoms with Crippen LogP contribution in [0.4, 0.5) is 5.69 Å². The third-order valence-electron chi connectivity index (χ3n) is 5.15. The highest BCUT2D eigenvalue weighted by molar-refractivity contribution is 5.79. The first-order valence-electron chi connectivity index (χ1n) is 9.06. The van der Waals surface area contributed by atoms with Gasteiger partial charge in [-0.05, 0) is 43.4 Å². The summed E-state index contributed by atoms with van der Waals surface area (Å²) in [6.45, 7) is 6.17. The van der Waals surface area contributed by atoms with Crippen molar-refractivity contribution < 1.29 is 4.79 Å². The maximum atomic E-state index is 12.6. The smallest absolute Gasteiger partial charge is 0.268 e. The van der Waals surface area contributed by atoms with Gasteiger partial charge in [0.05, 0.1) is 17.8 Å². The number of rotatable bonds is 4. The highest BCUT2D eigenvalue weighted by Gasteiger charge is 2.26. The standard InChI is InChI=1S/C20H26N4O2/c1-14-6-7-16(9-15(14)2)11-21-20(26)17-5-4-8-24(13-17)18-10-19(25)23(3)22-12-18/h6-7,9-10,12,17H,4-5,8,11,13H2,1-3H3,(H,21,26)/t17-/m1/s1. The largest absolute Gasteiger partial charge is 0.369 e. The fourth-order valence-electron chi connectivity index (χ4n) is 3.31. The first kappa shape index (κ1) is 18.2. The topological polar surface area (TPSA) is 67.2 Å². The van der Waals surface area contributed by atoms with E-state index in [2.05, 4.69) is 47.4 Å². The zero-order valence-corrected chi connectivity index (χ0v) is 15.7. The number of nitrogens with one attached hydrogen (secondary N) is 1. The van der Waals surface area contributed by atoms with Crippen molar-refractivity contribution in [2.75, 3.05) is 18.0 Å². The van der Waals surface area contributed by atoms with Gasteiger partial charge in [-0.3, -0.25) is 9.59 Å². The lowest BCUT2D eigenvalue weighted by molar-refractivity contribution is -0.125. The summed E-state index contributed by atoms with van der Waals surface area (Å²) in [6, 6.07) is 7.85.